The van der Waals surface area contributed by atoms with Crippen LogP contribution in [0.3, 0.4) is 0 Å². The van der Waals surface area contributed by atoms with Crippen molar-refractivity contribution >= 4 is 33.0 Å². The number of pyridine rings is 1. The Kier molecular flexibility index (Phi) is 7.29. The second-order valence-corrected chi connectivity index (χ2v) is 13.4. The van der Waals surface area contributed by atoms with E-state index in [1.807, 2.05) is 24.5 Å². The van der Waals surface area contributed by atoms with Crippen LogP contribution in [0.4, 0.5) is 21.7 Å². The molecule has 43 heavy (non-hydrogen) atoms. The van der Waals surface area contributed by atoms with Gasteiger partial charge in [0.05, 0.1) is 29.0 Å². The van der Waals surface area contributed by atoms with E-state index < -0.39 is 22.1 Å². The van der Waals surface area contributed by atoms with Crippen molar-refractivity contribution in [2.75, 3.05) is 56.5 Å². The van der Waals surface area contributed by atoms with Gasteiger partial charge in [-0.05, 0) is 50.2 Å². The molecule has 2 bridgehead atoms. The topological polar surface area (TPSA) is 127 Å². The lowest BCUT2D eigenvalue weighted by atomic mass is 10.2. The molecule has 0 radical (unpaired) electrons. The fourth-order valence-corrected chi connectivity index (χ4v) is 8.34. The van der Waals surface area contributed by atoms with Crippen LogP contribution < -0.4 is 10.2 Å². The largest absolute Gasteiger partial charge is 0.376 e. The van der Waals surface area contributed by atoms with Crippen LogP contribution in [0, 0.1) is 5.82 Å². The monoisotopic (exact) mass is 610 g/mol. The number of benzene rings is 1. The van der Waals surface area contributed by atoms with E-state index in [1.165, 1.54) is 18.2 Å². The van der Waals surface area contributed by atoms with Gasteiger partial charge < -0.3 is 20.2 Å². The summed E-state index contributed by atoms with van der Waals surface area (Å²) >= 11 is 0. The molecule has 3 aromatic heterocycles. The Hall–Kier alpha value is -3.63. The van der Waals surface area contributed by atoms with Crippen LogP contribution >= 0.6 is 0 Å². The lowest BCUT2D eigenvalue weighted by Crippen LogP contribution is -2.55. The quantitative estimate of drug-likeness (QED) is 0.302. The molecule has 3 unspecified atom stereocenters. The molecule has 3 aliphatic rings. The summed E-state index contributed by atoms with van der Waals surface area (Å²) in [4.78, 5) is 11.2. The fourth-order valence-electron chi connectivity index (χ4n) is 6.45. The Labute approximate surface area is 249 Å². The van der Waals surface area contributed by atoms with E-state index in [9.17, 15) is 17.9 Å². The highest BCUT2D eigenvalue weighted by Gasteiger charge is 2.47. The zero-order valence-corrected chi connectivity index (χ0v) is 24.7. The number of sulfonamides is 1. The minimum absolute atomic E-state index is 0.00900. The summed E-state index contributed by atoms with van der Waals surface area (Å²) in [6, 6.07) is 8.65. The zero-order valence-electron chi connectivity index (χ0n) is 23.9. The highest BCUT2D eigenvalue weighted by atomic mass is 32.2. The Morgan fingerprint density at radius 3 is 2.60 bits per heavy atom. The van der Waals surface area contributed by atoms with Crippen molar-refractivity contribution in [1.29, 1.82) is 0 Å². The van der Waals surface area contributed by atoms with Crippen LogP contribution in [0.5, 0.6) is 0 Å². The minimum atomic E-state index is -3.82. The van der Waals surface area contributed by atoms with Gasteiger partial charge in [-0.1, -0.05) is 6.07 Å². The molecule has 0 spiro atoms. The smallest absolute Gasteiger partial charge is 0.247 e. The van der Waals surface area contributed by atoms with Gasteiger partial charge in [-0.15, -0.1) is 5.10 Å². The standard InChI is InChI=1S/C28H35FN10O3S/c1-34-10-12-35(13-11-34)26(40)19-37-16-21(15-30-37)31-28-32-27-25(6-3-9-38(27)33-28)36-17-22-7-8-23(18-36)39(22)43(41,42)24-5-2-4-20(29)14-24/h2-6,9,14-16,22-23,26,40H,7-8,10-13,17-19H2,1H3,(H,31,33). The third kappa shape index (κ3) is 5.47. The predicted molar refractivity (Wildman–Crippen MR) is 158 cm³/mol. The van der Waals surface area contributed by atoms with Crippen LogP contribution in [-0.4, -0.2) is 117 Å². The van der Waals surface area contributed by atoms with Crippen molar-refractivity contribution in [1.82, 2.24) is 38.5 Å². The van der Waals surface area contributed by atoms with E-state index in [0.717, 1.165) is 50.8 Å². The number of hydrogen-bond donors (Lipinski definition) is 2. The fraction of sp³-hybridized carbons (Fsp3) is 0.464. The van der Waals surface area contributed by atoms with Gasteiger partial charge >= 0.3 is 0 Å². The van der Waals surface area contributed by atoms with Crippen molar-refractivity contribution in [2.45, 2.75) is 42.6 Å². The van der Waals surface area contributed by atoms with E-state index in [1.54, 1.807) is 19.7 Å². The predicted octanol–water partition coefficient (Wildman–Crippen LogP) is 1.42. The normalized spacial score (nSPS) is 22.8. The first-order valence-electron chi connectivity index (χ1n) is 14.5. The molecule has 0 saturated carbocycles. The van der Waals surface area contributed by atoms with Crippen molar-refractivity contribution in [3.63, 3.8) is 0 Å². The highest BCUT2D eigenvalue weighted by Crippen LogP contribution is 2.38. The van der Waals surface area contributed by atoms with Gasteiger partial charge in [0.25, 0.3) is 0 Å². The van der Waals surface area contributed by atoms with Gasteiger partial charge in [0.1, 0.15) is 12.0 Å². The molecule has 2 N–H and O–H groups in total. The molecule has 6 heterocycles. The molecule has 4 aromatic rings. The summed E-state index contributed by atoms with van der Waals surface area (Å²) in [5, 5.41) is 22.9. The van der Waals surface area contributed by atoms with E-state index in [2.05, 4.69) is 37.3 Å². The Morgan fingerprint density at radius 2 is 1.86 bits per heavy atom. The Morgan fingerprint density at radius 1 is 1.09 bits per heavy atom. The lowest BCUT2D eigenvalue weighted by Gasteiger charge is -2.41. The number of nitrogens with zero attached hydrogens (tertiary/aromatic N) is 9. The number of aliphatic hydroxyl groups is 1. The summed E-state index contributed by atoms with van der Waals surface area (Å²) in [5.41, 5.74) is 2.23. The Balaban J connectivity index is 1.05. The van der Waals surface area contributed by atoms with E-state index in [4.69, 9.17) is 4.98 Å². The first-order valence-corrected chi connectivity index (χ1v) is 16.0. The average Bonchev–Trinajstić information content (AvgIpc) is 3.68. The maximum Gasteiger partial charge on any atom is 0.247 e. The molecule has 228 valence electrons. The third-order valence-corrected chi connectivity index (χ3v) is 10.7. The minimum Gasteiger partial charge on any atom is -0.376 e. The number of rotatable bonds is 8. The zero-order chi connectivity index (χ0) is 29.7. The molecular weight excluding hydrogens is 575 g/mol. The summed E-state index contributed by atoms with van der Waals surface area (Å²) in [5.74, 6) is -0.160. The summed E-state index contributed by atoms with van der Waals surface area (Å²) in [6.07, 6.45) is 6.20. The maximum absolute atomic E-state index is 13.8. The number of hydrogen-bond acceptors (Lipinski definition) is 10. The van der Waals surface area contributed by atoms with Crippen molar-refractivity contribution < 1.29 is 17.9 Å². The van der Waals surface area contributed by atoms with Crippen molar-refractivity contribution in [2.24, 2.45) is 0 Å². The van der Waals surface area contributed by atoms with E-state index >= 15 is 0 Å². The number of aliphatic hydroxyl groups excluding tert-OH is 1. The summed E-state index contributed by atoms with van der Waals surface area (Å²) in [6.45, 7) is 4.85. The molecule has 0 aliphatic carbocycles. The molecule has 3 fully saturated rings. The first-order chi connectivity index (χ1) is 20.7. The van der Waals surface area contributed by atoms with Crippen LogP contribution in [0.15, 0.2) is 59.9 Å². The van der Waals surface area contributed by atoms with Gasteiger partial charge in [-0.3, -0.25) is 9.58 Å². The molecule has 3 saturated heterocycles. The third-order valence-electron chi connectivity index (χ3n) is 8.67. The number of nitrogens with one attached hydrogen (secondary N) is 1. The molecule has 13 nitrogen and oxygen atoms in total. The molecular formula is C28H35FN10O3S. The van der Waals surface area contributed by atoms with Crippen LogP contribution in [0.2, 0.25) is 0 Å². The number of anilines is 3. The van der Waals surface area contributed by atoms with Crippen LogP contribution in [0.25, 0.3) is 5.65 Å². The van der Waals surface area contributed by atoms with Gasteiger partial charge in [-0.25, -0.2) is 17.3 Å². The first kappa shape index (κ1) is 28.2. The van der Waals surface area contributed by atoms with Crippen LogP contribution in [-0.2, 0) is 16.6 Å². The van der Waals surface area contributed by atoms with Gasteiger partial charge in [0.15, 0.2) is 5.65 Å². The molecule has 3 atom stereocenters. The second kappa shape index (κ2) is 11.1. The van der Waals surface area contributed by atoms with E-state index in [0.29, 0.717) is 36.9 Å². The number of likely N-dealkylation sites (N-methyl/N-ethyl adjacent to an activating group) is 1. The van der Waals surface area contributed by atoms with Gasteiger partial charge in [0, 0.05) is 63.7 Å². The lowest BCUT2D eigenvalue weighted by molar-refractivity contribution is -0.0330. The molecule has 3 aliphatic heterocycles. The Bertz CT molecular complexity index is 1710. The second-order valence-electron chi connectivity index (χ2n) is 11.6. The SMILES string of the molecule is CN1CCN(C(O)Cn2cc(Nc3nc4c(N5CC6CCC(C5)N6S(=O)(=O)c5cccc(F)c5)cccn4n3)cn2)CC1. The molecule has 7 rings (SSSR count). The van der Waals surface area contributed by atoms with Gasteiger partial charge in [0.2, 0.25) is 16.0 Å². The van der Waals surface area contributed by atoms with Crippen LogP contribution in [0.1, 0.15) is 12.8 Å². The maximum atomic E-state index is 13.8. The number of fused-ring (bicyclic) bond motifs is 3. The van der Waals surface area contributed by atoms with E-state index in [-0.39, 0.29) is 17.0 Å². The van der Waals surface area contributed by atoms with Crippen molar-refractivity contribution in [3.05, 3.63) is 60.8 Å². The highest BCUT2D eigenvalue weighted by molar-refractivity contribution is 7.89. The molecule has 0 amide bonds. The van der Waals surface area contributed by atoms with Gasteiger partial charge in [-0.2, -0.15) is 14.4 Å². The number of aromatic nitrogens is 5. The molecule has 1 aromatic carbocycles. The number of halogens is 1. The average molecular weight is 611 g/mol. The summed E-state index contributed by atoms with van der Waals surface area (Å²) in [7, 11) is -1.74. The van der Waals surface area contributed by atoms with Crippen molar-refractivity contribution in [3.8, 4) is 0 Å². The molecule has 15 heteroatoms. The number of piperazine rings is 2. The summed E-state index contributed by atoms with van der Waals surface area (Å²) < 4.78 is 45.8.